The number of rotatable bonds is 3. The summed E-state index contributed by atoms with van der Waals surface area (Å²) in [5, 5.41) is 3.62. The van der Waals surface area contributed by atoms with Crippen molar-refractivity contribution in [2.24, 2.45) is 0 Å². The van der Waals surface area contributed by atoms with Crippen LogP contribution in [0.5, 0.6) is 0 Å². The number of amides is 3. The minimum absolute atomic E-state index is 0.0686. The molecular weight excluding hydrogens is 388 g/mol. The third-order valence-corrected chi connectivity index (χ3v) is 6.32. The molecule has 7 nitrogen and oxygen atoms in total. The number of benzene rings is 1. The van der Waals surface area contributed by atoms with Gasteiger partial charge in [-0.3, -0.25) is 19.7 Å². The van der Waals surface area contributed by atoms with Crippen LogP contribution in [0.15, 0.2) is 23.4 Å². The SMILES string of the molecule is O=C1CN(C(=O)CSc2nc3ccc(Cl)cc3[nH]2)C2(CCCCC2)C(=O)N1. The van der Waals surface area contributed by atoms with Crippen molar-refractivity contribution in [1.82, 2.24) is 20.2 Å². The summed E-state index contributed by atoms with van der Waals surface area (Å²) < 4.78 is 0. The van der Waals surface area contributed by atoms with E-state index >= 15 is 0 Å². The molecule has 0 atom stereocenters. The minimum atomic E-state index is -0.884. The summed E-state index contributed by atoms with van der Waals surface area (Å²) in [6.45, 7) is -0.0686. The van der Waals surface area contributed by atoms with Gasteiger partial charge in [-0.1, -0.05) is 42.6 Å². The lowest BCUT2D eigenvalue weighted by Gasteiger charge is -2.47. The van der Waals surface area contributed by atoms with Gasteiger partial charge in [-0.15, -0.1) is 0 Å². The van der Waals surface area contributed by atoms with Gasteiger partial charge in [-0.2, -0.15) is 0 Å². The second kappa shape index (κ2) is 7.16. The Morgan fingerprint density at radius 3 is 2.81 bits per heavy atom. The first-order valence-electron chi connectivity index (χ1n) is 8.91. The van der Waals surface area contributed by atoms with Crippen LogP contribution in [0.2, 0.25) is 5.02 Å². The van der Waals surface area contributed by atoms with Gasteiger partial charge in [0, 0.05) is 5.02 Å². The van der Waals surface area contributed by atoms with Crippen LogP contribution in [0.25, 0.3) is 11.0 Å². The molecule has 4 rings (SSSR count). The van der Waals surface area contributed by atoms with E-state index in [1.54, 1.807) is 12.1 Å². The predicted molar refractivity (Wildman–Crippen MR) is 103 cm³/mol. The summed E-state index contributed by atoms with van der Waals surface area (Å²) >= 11 is 7.24. The number of nitrogens with one attached hydrogen (secondary N) is 2. The molecule has 2 aliphatic rings. The van der Waals surface area contributed by atoms with Gasteiger partial charge in [0.15, 0.2) is 5.16 Å². The van der Waals surface area contributed by atoms with Crippen LogP contribution in [0.1, 0.15) is 32.1 Å². The zero-order chi connectivity index (χ0) is 19.0. The number of thioether (sulfide) groups is 1. The lowest BCUT2D eigenvalue weighted by atomic mass is 9.78. The number of nitrogens with zero attached hydrogens (tertiary/aromatic N) is 2. The third-order valence-electron chi connectivity index (χ3n) is 5.23. The summed E-state index contributed by atoms with van der Waals surface area (Å²) in [6, 6.07) is 5.35. The fraction of sp³-hybridized carbons (Fsp3) is 0.444. The number of hydrogen-bond acceptors (Lipinski definition) is 5. The van der Waals surface area contributed by atoms with Gasteiger partial charge in [0.05, 0.1) is 16.8 Å². The molecule has 0 radical (unpaired) electrons. The summed E-state index contributed by atoms with van der Waals surface area (Å²) in [5.74, 6) is -0.873. The Morgan fingerprint density at radius 2 is 2.04 bits per heavy atom. The molecule has 1 aliphatic heterocycles. The molecule has 9 heteroatoms. The Balaban J connectivity index is 1.51. The van der Waals surface area contributed by atoms with Crippen LogP contribution in [-0.2, 0) is 14.4 Å². The van der Waals surface area contributed by atoms with Crippen molar-refractivity contribution in [2.75, 3.05) is 12.3 Å². The minimum Gasteiger partial charge on any atom is -0.333 e. The monoisotopic (exact) mass is 406 g/mol. The average Bonchev–Trinajstić information content (AvgIpc) is 3.05. The van der Waals surface area contributed by atoms with E-state index in [0.29, 0.717) is 23.0 Å². The summed E-state index contributed by atoms with van der Waals surface area (Å²) in [5.41, 5.74) is 0.685. The number of piperazine rings is 1. The predicted octanol–water partition coefficient (Wildman–Crippen LogP) is 2.50. The fourth-order valence-electron chi connectivity index (χ4n) is 3.90. The molecule has 0 bridgehead atoms. The molecule has 2 N–H and O–H groups in total. The van der Waals surface area contributed by atoms with Crippen LogP contribution in [0, 0.1) is 0 Å². The molecule has 2 fully saturated rings. The van der Waals surface area contributed by atoms with Crippen LogP contribution in [-0.4, -0.2) is 50.4 Å². The highest BCUT2D eigenvalue weighted by atomic mass is 35.5. The number of aromatic amines is 1. The Labute approximate surface area is 165 Å². The number of halogens is 1. The number of carbonyl (C=O) groups excluding carboxylic acids is 3. The van der Waals surface area contributed by atoms with Crippen molar-refractivity contribution in [2.45, 2.75) is 42.8 Å². The molecular formula is C18H19ClN4O3S. The zero-order valence-electron chi connectivity index (χ0n) is 14.6. The molecule has 2 heterocycles. The summed E-state index contributed by atoms with van der Waals surface area (Å²) in [7, 11) is 0. The molecule has 27 heavy (non-hydrogen) atoms. The topological polar surface area (TPSA) is 95.2 Å². The number of fused-ring (bicyclic) bond motifs is 1. The number of H-pyrrole nitrogens is 1. The molecule has 2 aromatic rings. The molecule has 1 spiro atoms. The van der Waals surface area contributed by atoms with Gasteiger partial charge in [-0.05, 0) is 31.0 Å². The van der Waals surface area contributed by atoms with Crippen molar-refractivity contribution in [3.8, 4) is 0 Å². The van der Waals surface area contributed by atoms with E-state index < -0.39 is 11.4 Å². The molecule has 3 amide bonds. The maximum atomic E-state index is 12.9. The molecule has 142 valence electrons. The van der Waals surface area contributed by atoms with Gasteiger partial charge < -0.3 is 9.88 Å². The van der Waals surface area contributed by atoms with Crippen molar-refractivity contribution in [3.63, 3.8) is 0 Å². The van der Waals surface area contributed by atoms with Crippen LogP contribution in [0.3, 0.4) is 0 Å². The Bertz CT molecular complexity index is 922. The maximum Gasteiger partial charge on any atom is 0.252 e. The smallest absolute Gasteiger partial charge is 0.252 e. The maximum absolute atomic E-state index is 12.9. The highest BCUT2D eigenvalue weighted by Gasteiger charge is 2.50. The number of imidazole rings is 1. The fourth-order valence-corrected chi connectivity index (χ4v) is 4.83. The first-order valence-corrected chi connectivity index (χ1v) is 10.3. The van der Waals surface area contributed by atoms with Crippen molar-refractivity contribution in [1.29, 1.82) is 0 Å². The van der Waals surface area contributed by atoms with Gasteiger partial charge in [0.25, 0.3) is 5.91 Å². The first kappa shape index (κ1) is 18.3. The van der Waals surface area contributed by atoms with E-state index in [-0.39, 0.29) is 24.1 Å². The second-order valence-electron chi connectivity index (χ2n) is 6.94. The largest absolute Gasteiger partial charge is 0.333 e. The molecule has 1 aliphatic carbocycles. The number of carbonyl (C=O) groups is 3. The van der Waals surface area contributed by atoms with E-state index in [4.69, 9.17) is 11.6 Å². The zero-order valence-corrected chi connectivity index (χ0v) is 16.2. The second-order valence-corrected chi connectivity index (χ2v) is 8.34. The standard InChI is InChI=1S/C18H19ClN4O3S/c19-11-4-5-12-13(8-11)21-17(20-12)27-10-15(25)23-9-14(24)22-16(26)18(23)6-2-1-3-7-18/h4-5,8H,1-3,6-7,9-10H2,(H,20,21)(H,22,24,26). The molecule has 0 unspecified atom stereocenters. The molecule has 1 aromatic heterocycles. The van der Waals surface area contributed by atoms with Crippen LogP contribution < -0.4 is 5.32 Å². The Morgan fingerprint density at radius 1 is 1.26 bits per heavy atom. The van der Waals surface area contributed by atoms with Crippen LogP contribution >= 0.6 is 23.4 Å². The molecule has 1 saturated heterocycles. The van der Waals surface area contributed by atoms with Gasteiger partial charge in [0.1, 0.15) is 12.1 Å². The van der Waals surface area contributed by atoms with Gasteiger partial charge in [0.2, 0.25) is 11.8 Å². The average molecular weight is 407 g/mol. The van der Waals surface area contributed by atoms with E-state index in [1.807, 2.05) is 6.07 Å². The molecule has 1 aromatic carbocycles. The number of aromatic nitrogens is 2. The lowest BCUT2D eigenvalue weighted by molar-refractivity contribution is -0.158. The quantitative estimate of drug-likeness (QED) is 0.603. The normalized spacial score (nSPS) is 19.5. The summed E-state index contributed by atoms with van der Waals surface area (Å²) in [6.07, 6.45) is 4.00. The third kappa shape index (κ3) is 3.43. The van der Waals surface area contributed by atoms with E-state index in [2.05, 4.69) is 15.3 Å². The van der Waals surface area contributed by atoms with Crippen molar-refractivity contribution < 1.29 is 14.4 Å². The van der Waals surface area contributed by atoms with Crippen molar-refractivity contribution in [3.05, 3.63) is 23.2 Å². The summed E-state index contributed by atoms with van der Waals surface area (Å²) in [4.78, 5) is 46.4. The van der Waals surface area contributed by atoms with E-state index in [1.165, 1.54) is 16.7 Å². The number of hydrogen-bond donors (Lipinski definition) is 2. The van der Waals surface area contributed by atoms with Crippen molar-refractivity contribution >= 4 is 52.1 Å². The first-order chi connectivity index (χ1) is 13.0. The Kier molecular flexibility index (Phi) is 4.86. The van der Waals surface area contributed by atoms with Crippen LogP contribution in [0.4, 0.5) is 0 Å². The Hall–Kier alpha value is -2.06. The van der Waals surface area contributed by atoms with E-state index in [9.17, 15) is 14.4 Å². The lowest BCUT2D eigenvalue weighted by Crippen LogP contribution is -2.69. The highest BCUT2D eigenvalue weighted by Crippen LogP contribution is 2.36. The van der Waals surface area contributed by atoms with Gasteiger partial charge >= 0.3 is 0 Å². The van der Waals surface area contributed by atoms with Gasteiger partial charge in [-0.25, -0.2) is 4.98 Å². The highest BCUT2D eigenvalue weighted by molar-refractivity contribution is 7.99. The number of imide groups is 1. The van der Waals surface area contributed by atoms with E-state index in [0.717, 1.165) is 30.3 Å². The molecule has 1 saturated carbocycles.